The molecule has 4 aromatic rings. The van der Waals surface area contributed by atoms with Gasteiger partial charge >= 0.3 is 0 Å². The van der Waals surface area contributed by atoms with Crippen molar-refractivity contribution in [3.63, 3.8) is 0 Å². The highest BCUT2D eigenvalue weighted by Gasteiger charge is 2.11. The van der Waals surface area contributed by atoms with E-state index in [-0.39, 0.29) is 5.91 Å². The summed E-state index contributed by atoms with van der Waals surface area (Å²) >= 11 is 12.0. The fourth-order valence-electron chi connectivity index (χ4n) is 3.18. The fourth-order valence-corrected chi connectivity index (χ4v) is 3.64. The molecular formula is C25H21Cl2N3O2. The van der Waals surface area contributed by atoms with E-state index < -0.39 is 0 Å². The van der Waals surface area contributed by atoms with Crippen LogP contribution < -0.4 is 10.1 Å². The van der Waals surface area contributed by atoms with Crippen LogP contribution in [0.4, 0.5) is 5.82 Å². The number of hydrogen-bond donors (Lipinski definition) is 1. The van der Waals surface area contributed by atoms with E-state index in [1.807, 2.05) is 60.1 Å². The van der Waals surface area contributed by atoms with Crippen molar-refractivity contribution in [3.8, 4) is 5.75 Å². The topological polar surface area (TPSA) is 56.1 Å². The summed E-state index contributed by atoms with van der Waals surface area (Å²) in [5, 5.41) is 8.38. The molecule has 0 unspecified atom stereocenters. The molecule has 0 fully saturated rings. The van der Waals surface area contributed by atoms with Gasteiger partial charge in [-0.15, -0.1) is 0 Å². The number of rotatable bonds is 7. The molecule has 7 heteroatoms. The van der Waals surface area contributed by atoms with Gasteiger partial charge in [0.2, 0.25) is 0 Å². The van der Waals surface area contributed by atoms with Gasteiger partial charge in [0.1, 0.15) is 12.4 Å². The van der Waals surface area contributed by atoms with Gasteiger partial charge in [-0.05, 0) is 48.4 Å². The normalized spacial score (nSPS) is 10.7. The highest BCUT2D eigenvalue weighted by Crippen LogP contribution is 2.28. The zero-order chi connectivity index (χ0) is 22.5. The third-order valence-corrected chi connectivity index (χ3v) is 5.43. The van der Waals surface area contributed by atoms with E-state index >= 15 is 0 Å². The van der Waals surface area contributed by atoms with E-state index in [9.17, 15) is 4.79 Å². The summed E-state index contributed by atoms with van der Waals surface area (Å²) in [6.07, 6.45) is 0. The van der Waals surface area contributed by atoms with E-state index in [4.69, 9.17) is 27.9 Å². The molecule has 0 aliphatic carbocycles. The van der Waals surface area contributed by atoms with Gasteiger partial charge in [-0.2, -0.15) is 5.10 Å². The van der Waals surface area contributed by atoms with Gasteiger partial charge in [0.25, 0.3) is 5.91 Å². The van der Waals surface area contributed by atoms with Crippen LogP contribution in [0.25, 0.3) is 0 Å². The minimum Gasteiger partial charge on any atom is -0.487 e. The fraction of sp³-hybridized carbons (Fsp3) is 0.120. The molecule has 0 atom stereocenters. The van der Waals surface area contributed by atoms with Gasteiger partial charge in [0, 0.05) is 22.3 Å². The standard InChI is InChI=1S/C25H21Cl2N3O2/c1-17-13-24(29-30(17)15-18-5-3-2-4-6-18)28-25(31)20-9-7-19(8-10-20)16-32-23-12-11-21(26)14-22(23)27/h2-14H,15-16H2,1H3,(H,28,29,31). The predicted octanol–water partition coefficient (Wildman–Crippen LogP) is 6.38. The summed E-state index contributed by atoms with van der Waals surface area (Å²) in [6.45, 7) is 2.94. The molecule has 3 aromatic carbocycles. The SMILES string of the molecule is Cc1cc(NC(=O)c2ccc(COc3ccc(Cl)cc3Cl)cc2)nn1Cc1ccccc1. The number of nitrogens with one attached hydrogen (secondary N) is 1. The smallest absolute Gasteiger partial charge is 0.256 e. The quantitative estimate of drug-likeness (QED) is 0.344. The van der Waals surface area contributed by atoms with Gasteiger partial charge < -0.3 is 10.1 Å². The molecular weight excluding hydrogens is 445 g/mol. The van der Waals surface area contributed by atoms with Crippen LogP contribution in [-0.2, 0) is 13.2 Å². The molecule has 0 saturated heterocycles. The number of halogens is 2. The van der Waals surface area contributed by atoms with Crippen LogP contribution in [0.2, 0.25) is 10.0 Å². The molecule has 0 spiro atoms. The minimum absolute atomic E-state index is 0.220. The Morgan fingerprint density at radius 1 is 0.969 bits per heavy atom. The second-order valence-electron chi connectivity index (χ2n) is 7.33. The second kappa shape index (κ2) is 9.90. The van der Waals surface area contributed by atoms with Crippen LogP contribution in [0, 0.1) is 6.92 Å². The number of benzene rings is 3. The molecule has 0 aliphatic rings. The van der Waals surface area contributed by atoms with E-state index in [2.05, 4.69) is 10.4 Å². The van der Waals surface area contributed by atoms with Gasteiger partial charge in [-0.1, -0.05) is 65.7 Å². The van der Waals surface area contributed by atoms with Crippen molar-refractivity contribution < 1.29 is 9.53 Å². The van der Waals surface area contributed by atoms with Gasteiger partial charge in [0.15, 0.2) is 5.82 Å². The van der Waals surface area contributed by atoms with Crippen molar-refractivity contribution >= 4 is 34.9 Å². The van der Waals surface area contributed by atoms with Crippen LogP contribution in [-0.4, -0.2) is 15.7 Å². The summed E-state index contributed by atoms with van der Waals surface area (Å²) < 4.78 is 7.60. The molecule has 0 saturated carbocycles. The number of carbonyl (C=O) groups excluding carboxylic acids is 1. The first-order chi connectivity index (χ1) is 15.5. The summed E-state index contributed by atoms with van der Waals surface area (Å²) in [6, 6.07) is 24.2. The Kier molecular flexibility index (Phi) is 6.78. The average Bonchev–Trinajstić information content (AvgIpc) is 3.12. The van der Waals surface area contributed by atoms with E-state index in [1.54, 1.807) is 30.3 Å². The molecule has 1 N–H and O–H groups in total. The third-order valence-electron chi connectivity index (χ3n) is 4.90. The molecule has 5 nitrogen and oxygen atoms in total. The van der Waals surface area contributed by atoms with Crippen LogP contribution in [0.1, 0.15) is 27.2 Å². The zero-order valence-electron chi connectivity index (χ0n) is 17.4. The van der Waals surface area contributed by atoms with Crippen molar-refractivity contribution in [2.24, 2.45) is 0 Å². The van der Waals surface area contributed by atoms with Crippen molar-refractivity contribution in [1.29, 1.82) is 0 Å². The Morgan fingerprint density at radius 3 is 2.44 bits per heavy atom. The number of ether oxygens (including phenoxy) is 1. The van der Waals surface area contributed by atoms with Gasteiger partial charge in [-0.3, -0.25) is 9.48 Å². The minimum atomic E-state index is -0.220. The summed E-state index contributed by atoms with van der Waals surface area (Å²) in [4.78, 5) is 12.6. The summed E-state index contributed by atoms with van der Waals surface area (Å²) in [5.41, 5.74) is 3.57. The Morgan fingerprint density at radius 2 is 1.72 bits per heavy atom. The van der Waals surface area contributed by atoms with E-state index in [0.29, 0.717) is 40.3 Å². The lowest BCUT2D eigenvalue weighted by atomic mass is 10.1. The van der Waals surface area contributed by atoms with Crippen LogP contribution in [0.15, 0.2) is 78.9 Å². The van der Waals surface area contributed by atoms with E-state index in [1.165, 1.54) is 0 Å². The third kappa shape index (κ3) is 5.49. The lowest BCUT2D eigenvalue weighted by Crippen LogP contribution is -2.13. The lowest BCUT2D eigenvalue weighted by molar-refractivity contribution is 0.102. The Balaban J connectivity index is 1.36. The molecule has 0 radical (unpaired) electrons. The Hall–Kier alpha value is -3.28. The summed E-state index contributed by atoms with van der Waals surface area (Å²) in [5.74, 6) is 0.857. The molecule has 0 aliphatic heterocycles. The first-order valence-corrected chi connectivity index (χ1v) is 10.8. The number of aromatic nitrogens is 2. The number of carbonyl (C=O) groups is 1. The second-order valence-corrected chi connectivity index (χ2v) is 8.17. The van der Waals surface area contributed by atoms with Gasteiger partial charge in [-0.25, -0.2) is 0 Å². The molecule has 1 aromatic heterocycles. The maximum absolute atomic E-state index is 12.6. The van der Waals surface area contributed by atoms with Crippen LogP contribution >= 0.6 is 23.2 Å². The number of hydrogen-bond acceptors (Lipinski definition) is 3. The highest BCUT2D eigenvalue weighted by molar-refractivity contribution is 6.35. The maximum atomic E-state index is 12.6. The number of nitrogens with zero attached hydrogens (tertiary/aromatic N) is 2. The molecule has 0 bridgehead atoms. The monoisotopic (exact) mass is 465 g/mol. The first-order valence-electron chi connectivity index (χ1n) is 10.0. The number of aryl methyl sites for hydroxylation is 1. The molecule has 32 heavy (non-hydrogen) atoms. The largest absolute Gasteiger partial charge is 0.487 e. The van der Waals surface area contributed by atoms with Crippen LogP contribution in [0.5, 0.6) is 5.75 Å². The van der Waals surface area contributed by atoms with Crippen molar-refractivity contribution in [3.05, 3.63) is 111 Å². The molecule has 1 heterocycles. The van der Waals surface area contributed by atoms with Crippen molar-refractivity contribution in [2.45, 2.75) is 20.1 Å². The predicted molar refractivity (Wildman–Crippen MR) is 128 cm³/mol. The Labute approximate surface area is 196 Å². The van der Waals surface area contributed by atoms with Crippen molar-refractivity contribution in [1.82, 2.24) is 9.78 Å². The van der Waals surface area contributed by atoms with Crippen molar-refractivity contribution in [2.75, 3.05) is 5.32 Å². The molecule has 162 valence electrons. The van der Waals surface area contributed by atoms with Gasteiger partial charge in [0.05, 0.1) is 11.6 Å². The van der Waals surface area contributed by atoms with Crippen LogP contribution in [0.3, 0.4) is 0 Å². The van der Waals surface area contributed by atoms with E-state index in [0.717, 1.165) is 16.8 Å². The summed E-state index contributed by atoms with van der Waals surface area (Å²) in [7, 11) is 0. The zero-order valence-corrected chi connectivity index (χ0v) is 18.9. The lowest BCUT2D eigenvalue weighted by Gasteiger charge is -2.09. The number of amides is 1. The molecule has 1 amide bonds. The molecule has 4 rings (SSSR count). The number of anilines is 1. The highest BCUT2D eigenvalue weighted by atomic mass is 35.5. The maximum Gasteiger partial charge on any atom is 0.256 e. The average molecular weight is 466 g/mol. The Bertz CT molecular complexity index is 1220. The first kappa shape index (κ1) is 21.9.